The monoisotopic (exact) mass is 510 g/mol. The minimum Gasteiger partial charge on any atom is -0.488 e. The Bertz CT molecular complexity index is 1340. The van der Waals surface area contributed by atoms with Gasteiger partial charge in [-0.25, -0.2) is 4.98 Å². The molecule has 2 aliphatic heterocycles. The van der Waals surface area contributed by atoms with Crippen LogP contribution in [0.3, 0.4) is 0 Å². The molecule has 0 radical (unpaired) electrons. The molecule has 2 aromatic heterocycles. The number of amides is 2. The Morgan fingerprint density at radius 3 is 2.59 bits per heavy atom. The van der Waals surface area contributed by atoms with Gasteiger partial charge in [0.2, 0.25) is 17.7 Å². The largest absolute Gasteiger partial charge is 0.488 e. The molecule has 37 heavy (non-hydrogen) atoms. The third kappa shape index (κ3) is 5.33. The summed E-state index contributed by atoms with van der Waals surface area (Å²) in [4.78, 5) is 36.6. The van der Waals surface area contributed by atoms with Crippen molar-refractivity contribution in [1.29, 1.82) is 0 Å². The average molecular weight is 511 g/mol. The number of nitrogens with zero attached hydrogens (tertiary/aromatic N) is 4. The van der Waals surface area contributed by atoms with Crippen molar-refractivity contribution in [2.24, 2.45) is 5.92 Å². The Labute approximate surface area is 213 Å². The fraction of sp³-hybridized carbons (Fsp3) is 0.407. The van der Waals surface area contributed by atoms with Gasteiger partial charge in [0.1, 0.15) is 11.9 Å². The van der Waals surface area contributed by atoms with E-state index in [0.717, 1.165) is 28.5 Å². The zero-order valence-electron chi connectivity index (χ0n) is 20.7. The lowest BCUT2D eigenvalue weighted by atomic mass is 10.0. The van der Waals surface area contributed by atoms with Crippen LogP contribution in [0.5, 0.6) is 11.6 Å². The van der Waals surface area contributed by atoms with Crippen molar-refractivity contribution in [2.75, 3.05) is 26.2 Å². The topological polar surface area (TPSA) is 84.9 Å². The quantitative estimate of drug-likeness (QED) is 0.498. The van der Waals surface area contributed by atoms with E-state index >= 15 is 0 Å². The second kappa shape index (κ2) is 10.3. The van der Waals surface area contributed by atoms with Crippen molar-refractivity contribution in [2.45, 2.75) is 39.4 Å². The average Bonchev–Trinajstić information content (AvgIpc) is 3.55. The van der Waals surface area contributed by atoms with Crippen LogP contribution < -0.4 is 9.47 Å². The molecule has 0 N–H and O–H groups in total. The Morgan fingerprint density at radius 1 is 1.05 bits per heavy atom. The van der Waals surface area contributed by atoms with Crippen molar-refractivity contribution < 1.29 is 27.8 Å². The number of benzene rings is 1. The van der Waals surface area contributed by atoms with E-state index in [1.807, 2.05) is 29.2 Å². The molecule has 2 atom stereocenters. The number of hydrogen-bond donors (Lipinski definition) is 0. The minimum absolute atomic E-state index is 0.00599. The minimum atomic E-state index is -2.94. The lowest BCUT2D eigenvalue weighted by Crippen LogP contribution is -2.37. The van der Waals surface area contributed by atoms with Gasteiger partial charge >= 0.3 is 6.61 Å². The van der Waals surface area contributed by atoms with Crippen LogP contribution in [0.1, 0.15) is 25.3 Å². The highest BCUT2D eigenvalue weighted by Gasteiger charge is 2.36. The molecule has 2 amide bonds. The molecule has 2 fully saturated rings. The molecule has 5 rings (SSSR count). The van der Waals surface area contributed by atoms with E-state index in [0.29, 0.717) is 43.9 Å². The van der Waals surface area contributed by atoms with Gasteiger partial charge in [0.05, 0.1) is 18.0 Å². The number of carbonyl (C=O) groups is 2. The molecular formula is C27H28F2N4O4. The SMILES string of the molecule is CC(=O)N1CC[C@@H](C(=O)N2CC[C@H](Oc3ccc4nccc(-c5cnc(OC(F)F)c(C)c5)c4c3)C2)C1. The molecule has 10 heteroatoms. The molecule has 3 aromatic rings. The number of carbonyl (C=O) groups excluding carboxylic acids is 2. The van der Waals surface area contributed by atoms with Crippen LogP contribution in [0.15, 0.2) is 42.7 Å². The smallest absolute Gasteiger partial charge is 0.388 e. The Morgan fingerprint density at radius 2 is 1.86 bits per heavy atom. The number of aryl methyl sites for hydroxylation is 1. The summed E-state index contributed by atoms with van der Waals surface area (Å²) in [6.07, 6.45) is 4.48. The van der Waals surface area contributed by atoms with Gasteiger partial charge in [-0.2, -0.15) is 8.78 Å². The van der Waals surface area contributed by atoms with Gasteiger partial charge < -0.3 is 19.3 Å². The summed E-state index contributed by atoms with van der Waals surface area (Å²) in [7, 11) is 0. The highest BCUT2D eigenvalue weighted by Crippen LogP contribution is 2.33. The van der Waals surface area contributed by atoms with Crippen LogP contribution in [0.2, 0.25) is 0 Å². The van der Waals surface area contributed by atoms with Crippen molar-refractivity contribution in [3.63, 3.8) is 0 Å². The van der Waals surface area contributed by atoms with E-state index in [1.165, 1.54) is 13.1 Å². The molecule has 194 valence electrons. The molecule has 2 aliphatic rings. The van der Waals surface area contributed by atoms with Crippen LogP contribution in [-0.2, 0) is 9.59 Å². The number of halogens is 2. The Hall–Kier alpha value is -3.82. The highest BCUT2D eigenvalue weighted by molar-refractivity contribution is 5.95. The van der Waals surface area contributed by atoms with Crippen molar-refractivity contribution in [3.05, 3.63) is 48.3 Å². The number of alkyl halides is 2. The van der Waals surface area contributed by atoms with E-state index in [2.05, 4.69) is 14.7 Å². The third-order valence-electron chi connectivity index (χ3n) is 7.00. The predicted octanol–water partition coefficient (Wildman–Crippen LogP) is 4.05. The van der Waals surface area contributed by atoms with Gasteiger partial charge in [-0.15, -0.1) is 0 Å². The number of aromatic nitrogens is 2. The zero-order chi connectivity index (χ0) is 26.1. The van der Waals surface area contributed by atoms with Crippen LogP contribution in [0, 0.1) is 12.8 Å². The molecule has 0 unspecified atom stereocenters. The fourth-order valence-electron chi connectivity index (χ4n) is 5.09. The molecule has 4 heterocycles. The lowest BCUT2D eigenvalue weighted by Gasteiger charge is -2.21. The Kier molecular flexibility index (Phi) is 6.90. The lowest BCUT2D eigenvalue weighted by molar-refractivity contribution is -0.134. The maximum absolute atomic E-state index is 13.0. The first-order valence-electron chi connectivity index (χ1n) is 12.3. The standard InChI is InChI=1S/C27H28F2N4O4/c1-16-11-19(13-31-25(16)37-27(28)29)22-5-8-30-24-4-3-20(12-23(22)24)36-21-7-10-33(15-21)26(35)18-6-9-32(14-18)17(2)34/h3-5,8,11-13,18,21,27H,6-7,9-10,14-15H2,1-2H3/t18-,21+/m1/s1. The molecule has 8 nitrogen and oxygen atoms in total. The van der Waals surface area contributed by atoms with E-state index in [4.69, 9.17) is 4.74 Å². The molecule has 0 aliphatic carbocycles. The van der Waals surface area contributed by atoms with E-state index in [9.17, 15) is 18.4 Å². The molecule has 0 spiro atoms. The van der Waals surface area contributed by atoms with Crippen LogP contribution in [-0.4, -0.2) is 70.5 Å². The summed E-state index contributed by atoms with van der Waals surface area (Å²) in [5.74, 6) is 0.500. The van der Waals surface area contributed by atoms with Gasteiger partial charge in [0, 0.05) is 61.9 Å². The third-order valence-corrected chi connectivity index (χ3v) is 7.00. The van der Waals surface area contributed by atoms with E-state index in [-0.39, 0.29) is 29.7 Å². The normalized spacial score (nSPS) is 19.6. The molecule has 1 aromatic carbocycles. The maximum atomic E-state index is 13.0. The Balaban J connectivity index is 1.30. The second-order valence-corrected chi connectivity index (χ2v) is 9.53. The molecular weight excluding hydrogens is 482 g/mol. The number of ether oxygens (including phenoxy) is 2. The zero-order valence-corrected chi connectivity index (χ0v) is 20.7. The summed E-state index contributed by atoms with van der Waals surface area (Å²) in [5, 5.41) is 0.838. The van der Waals surface area contributed by atoms with Crippen LogP contribution in [0.25, 0.3) is 22.0 Å². The van der Waals surface area contributed by atoms with Gasteiger partial charge in [-0.1, -0.05) is 0 Å². The highest BCUT2D eigenvalue weighted by atomic mass is 19.3. The number of hydrogen-bond acceptors (Lipinski definition) is 6. The van der Waals surface area contributed by atoms with Crippen LogP contribution in [0.4, 0.5) is 8.78 Å². The molecule has 2 saturated heterocycles. The number of rotatable bonds is 6. The van der Waals surface area contributed by atoms with Gasteiger partial charge in [-0.3, -0.25) is 14.6 Å². The second-order valence-electron chi connectivity index (χ2n) is 9.53. The number of pyridine rings is 2. The van der Waals surface area contributed by atoms with Gasteiger partial charge in [0.15, 0.2) is 0 Å². The van der Waals surface area contributed by atoms with Crippen LogP contribution >= 0.6 is 0 Å². The van der Waals surface area contributed by atoms with Gasteiger partial charge in [-0.05, 0) is 49.2 Å². The van der Waals surface area contributed by atoms with Crippen molar-refractivity contribution in [1.82, 2.24) is 19.8 Å². The van der Waals surface area contributed by atoms with Gasteiger partial charge in [0.25, 0.3) is 0 Å². The van der Waals surface area contributed by atoms with Crippen molar-refractivity contribution in [3.8, 4) is 22.8 Å². The summed E-state index contributed by atoms with van der Waals surface area (Å²) < 4.78 is 36.0. The first-order chi connectivity index (χ1) is 17.8. The molecule has 0 saturated carbocycles. The fourth-order valence-corrected chi connectivity index (χ4v) is 5.09. The summed E-state index contributed by atoms with van der Waals surface area (Å²) in [6, 6.07) is 9.23. The first kappa shape index (κ1) is 24.9. The predicted molar refractivity (Wildman–Crippen MR) is 132 cm³/mol. The number of likely N-dealkylation sites (tertiary alicyclic amines) is 2. The van der Waals surface area contributed by atoms with Crippen molar-refractivity contribution >= 4 is 22.7 Å². The van der Waals surface area contributed by atoms with E-state index in [1.54, 1.807) is 24.1 Å². The summed E-state index contributed by atoms with van der Waals surface area (Å²) in [6.45, 7) is 2.51. The summed E-state index contributed by atoms with van der Waals surface area (Å²) >= 11 is 0. The summed E-state index contributed by atoms with van der Waals surface area (Å²) in [5.41, 5.74) is 2.85. The number of fused-ring (bicyclic) bond motifs is 1. The van der Waals surface area contributed by atoms with E-state index < -0.39 is 6.61 Å². The first-order valence-corrected chi connectivity index (χ1v) is 12.3. The maximum Gasteiger partial charge on any atom is 0.388 e. The molecule has 0 bridgehead atoms.